The Hall–Kier alpha value is -2.97. The number of amides is 1. The quantitative estimate of drug-likeness (QED) is 0.601. The highest BCUT2D eigenvalue weighted by atomic mass is 32.2. The molecule has 0 atom stereocenters. The van der Waals surface area contributed by atoms with E-state index in [0.717, 1.165) is 37.1 Å². The molecule has 32 heavy (non-hydrogen) atoms. The molecule has 2 aromatic carbocycles. The molecular formula is C24H28N4O3S. The number of hydrogen-bond acceptors (Lipinski definition) is 4. The summed E-state index contributed by atoms with van der Waals surface area (Å²) in [7, 11) is -1.90. The molecule has 1 heterocycles. The number of carbonyl (C=O) groups is 1. The molecule has 1 aliphatic rings. The highest BCUT2D eigenvalue weighted by Crippen LogP contribution is 2.27. The van der Waals surface area contributed by atoms with Crippen LogP contribution in [0.2, 0.25) is 0 Å². The van der Waals surface area contributed by atoms with Gasteiger partial charge >= 0.3 is 0 Å². The van der Waals surface area contributed by atoms with Gasteiger partial charge in [0, 0.05) is 18.8 Å². The van der Waals surface area contributed by atoms with Gasteiger partial charge in [-0.1, -0.05) is 37.5 Å². The Labute approximate surface area is 189 Å². The van der Waals surface area contributed by atoms with Crippen LogP contribution in [0.25, 0.3) is 5.69 Å². The molecule has 1 N–H and O–H groups in total. The van der Waals surface area contributed by atoms with Crippen molar-refractivity contribution >= 4 is 21.6 Å². The number of benzene rings is 2. The minimum atomic E-state index is -3.56. The fraction of sp³-hybridized carbons (Fsp3) is 0.333. The largest absolute Gasteiger partial charge is 0.322 e. The van der Waals surface area contributed by atoms with Gasteiger partial charge in [0.1, 0.15) is 0 Å². The van der Waals surface area contributed by atoms with E-state index in [0.29, 0.717) is 11.3 Å². The number of sulfonamides is 1. The van der Waals surface area contributed by atoms with Crippen molar-refractivity contribution in [1.82, 2.24) is 14.1 Å². The Kier molecular flexibility index (Phi) is 6.43. The number of nitrogens with one attached hydrogen (secondary N) is 1. The van der Waals surface area contributed by atoms with E-state index in [-0.39, 0.29) is 16.8 Å². The zero-order chi connectivity index (χ0) is 22.7. The zero-order valence-electron chi connectivity index (χ0n) is 18.4. The lowest BCUT2D eigenvalue weighted by Gasteiger charge is -2.30. The van der Waals surface area contributed by atoms with Gasteiger partial charge in [0.05, 0.1) is 28.0 Å². The Morgan fingerprint density at radius 1 is 1.03 bits per heavy atom. The summed E-state index contributed by atoms with van der Waals surface area (Å²) in [6.07, 6.45) is 6.64. The number of carbonyl (C=O) groups excluding carboxylic acids is 1. The van der Waals surface area contributed by atoms with E-state index in [1.807, 2.05) is 37.3 Å². The van der Waals surface area contributed by atoms with Crippen molar-refractivity contribution in [2.45, 2.75) is 50.0 Å². The van der Waals surface area contributed by atoms with E-state index in [9.17, 15) is 13.2 Å². The summed E-state index contributed by atoms with van der Waals surface area (Å²) in [6.45, 7) is 1.84. The van der Waals surface area contributed by atoms with Gasteiger partial charge in [-0.3, -0.25) is 4.79 Å². The van der Waals surface area contributed by atoms with Crippen LogP contribution >= 0.6 is 0 Å². The summed E-state index contributed by atoms with van der Waals surface area (Å²) >= 11 is 0. The van der Waals surface area contributed by atoms with Crippen molar-refractivity contribution in [2.75, 3.05) is 12.4 Å². The van der Waals surface area contributed by atoms with Crippen LogP contribution in [0.1, 0.15) is 48.2 Å². The lowest BCUT2D eigenvalue weighted by molar-refractivity contribution is 0.102. The van der Waals surface area contributed by atoms with Crippen LogP contribution in [0.15, 0.2) is 65.7 Å². The van der Waals surface area contributed by atoms with Gasteiger partial charge in [-0.05, 0) is 56.2 Å². The van der Waals surface area contributed by atoms with Crippen LogP contribution < -0.4 is 5.32 Å². The topological polar surface area (TPSA) is 84.3 Å². The average Bonchev–Trinajstić information content (AvgIpc) is 3.21. The molecule has 1 amide bonds. The van der Waals surface area contributed by atoms with E-state index < -0.39 is 10.0 Å². The summed E-state index contributed by atoms with van der Waals surface area (Å²) in [4.78, 5) is 13.0. The second kappa shape index (κ2) is 9.26. The Morgan fingerprint density at radius 2 is 1.69 bits per heavy atom. The molecular weight excluding hydrogens is 424 g/mol. The standard InChI is InChI=1S/C24H28N4O3S/c1-18-23(17-25-28(18)21-11-7-4-8-12-21)24(29)26-19-13-15-22(16-14-19)32(30,31)27(2)20-9-5-3-6-10-20/h4,7-8,11-17,20H,3,5-6,9-10H2,1-2H3,(H,26,29). The summed E-state index contributed by atoms with van der Waals surface area (Å²) in [5.74, 6) is -0.292. The number of hydrogen-bond donors (Lipinski definition) is 1. The lowest BCUT2D eigenvalue weighted by Crippen LogP contribution is -2.38. The minimum Gasteiger partial charge on any atom is -0.322 e. The molecule has 1 fully saturated rings. The van der Waals surface area contributed by atoms with Gasteiger partial charge in [0.25, 0.3) is 5.91 Å². The van der Waals surface area contributed by atoms with Gasteiger partial charge in [-0.2, -0.15) is 9.40 Å². The number of nitrogens with zero attached hydrogens (tertiary/aromatic N) is 3. The van der Waals surface area contributed by atoms with Crippen LogP contribution in [0.3, 0.4) is 0 Å². The van der Waals surface area contributed by atoms with E-state index in [4.69, 9.17) is 0 Å². The number of aromatic nitrogens is 2. The summed E-state index contributed by atoms with van der Waals surface area (Å²) in [6, 6.07) is 16.0. The monoisotopic (exact) mass is 452 g/mol. The molecule has 0 saturated heterocycles. The molecule has 8 heteroatoms. The SMILES string of the molecule is Cc1c(C(=O)Nc2ccc(S(=O)(=O)N(C)C3CCCCC3)cc2)cnn1-c1ccccc1. The van der Waals surface area contributed by atoms with E-state index in [1.165, 1.54) is 16.9 Å². The Bertz CT molecular complexity index is 1180. The Balaban J connectivity index is 1.47. The molecule has 1 aliphatic carbocycles. The smallest absolute Gasteiger partial charge is 0.259 e. The fourth-order valence-corrected chi connectivity index (χ4v) is 5.59. The predicted molar refractivity (Wildman–Crippen MR) is 125 cm³/mol. The van der Waals surface area contributed by atoms with Gasteiger partial charge in [0.2, 0.25) is 10.0 Å². The molecule has 1 aromatic heterocycles. The highest BCUT2D eigenvalue weighted by Gasteiger charge is 2.29. The first-order valence-corrected chi connectivity index (χ1v) is 12.3. The molecule has 4 rings (SSSR count). The van der Waals surface area contributed by atoms with Crippen molar-refractivity contribution < 1.29 is 13.2 Å². The van der Waals surface area contributed by atoms with Gasteiger partial charge in [-0.25, -0.2) is 13.1 Å². The van der Waals surface area contributed by atoms with Crippen LogP contribution in [0.5, 0.6) is 0 Å². The third-order valence-electron chi connectivity index (χ3n) is 6.13. The maximum Gasteiger partial charge on any atom is 0.259 e. The molecule has 7 nitrogen and oxygen atoms in total. The third kappa shape index (κ3) is 4.47. The molecule has 0 spiro atoms. The molecule has 3 aromatic rings. The molecule has 168 valence electrons. The molecule has 0 unspecified atom stereocenters. The summed E-state index contributed by atoms with van der Waals surface area (Å²) < 4.78 is 29.2. The van der Waals surface area contributed by atoms with Gasteiger partial charge in [0.15, 0.2) is 0 Å². The van der Waals surface area contributed by atoms with Crippen LogP contribution in [0.4, 0.5) is 5.69 Å². The molecule has 0 bridgehead atoms. The normalized spacial score (nSPS) is 15.1. The first-order valence-electron chi connectivity index (χ1n) is 10.9. The maximum absolute atomic E-state index is 13.0. The van der Waals surface area contributed by atoms with Crippen molar-refractivity contribution in [1.29, 1.82) is 0 Å². The van der Waals surface area contributed by atoms with Crippen LogP contribution in [0, 0.1) is 6.92 Å². The predicted octanol–water partition coefficient (Wildman–Crippen LogP) is 4.39. The van der Waals surface area contributed by atoms with Crippen molar-refractivity contribution in [3.63, 3.8) is 0 Å². The van der Waals surface area contributed by atoms with Crippen molar-refractivity contribution in [2.24, 2.45) is 0 Å². The first-order chi connectivity index (χ1) is 15.4. The number of para-hydroxylation sites is 1. The average molecular weight is 453 g/mol. The minimum absolute atomic E-state index is 0.0530. The second-order valence-corrected chi connectivity index (χ2v) is 10.2. The van der Waals surface area contributed by atoms with Crippen molar-refractivity contribution in [3.8, 4) is 5.69 Å². The molecule has 1 saturated carbocycles. The van der Waals surface area contributed by atoms with Crippen LogP contribution in [-0.4, -0.2) is 41.5 Å². The van der Waals surface area contributed by atoms with E-state index in [1.54, 1.807) is 36.0 Å². The van der Waals surface area contributed by atoms with Gasteiger partial charge in [-0.15, -0.1) is 0 Å². The van der Waals surface area contributed by atoms with Crippen LogP contribution in [-0.2, 0) is 10.0 Å². The van der Waals surface area contributed by atoms with E-state index in [2.05, 4.69) is 10.4 Å². The number of anilines is 1. The number of rotatable bonds is 6. The first kappa shape index (κ1) is 22.2. The third-order valence-corrected chi connectivity index (χ3v) is 8.06. The van der Waals surface area contributed by atoms with Crippen molar-refractivity contribution in [3.05, 3.63) is 72.1 Å². The second-order valence-electron chi connectivity index (χ2n) is 8.18. The van der Waals surface area contributed by atoms with Gasteiger partial charge < -0.3 is 5.32 Å². The maximum atomic E-state index is 13.0. The molecule has 0 radical (unpaired) electrons. The Morgan fingerprint density at radius 3 is 2.34 bits per heavy atom. The summed E-state index contributed by atoms with van der Waals surface area (Å²) in [5.41, 5.74) is 2.59. The fourth-order valence-electron chi connectivity index (χ4n) is 4.18. The summed E-state index contributed by atoms with van der Waals surface area (Å²) in [5, 5.41) is 7.16. The molecule has 0 aliphatic heterocycles. The lowest BCUT2D eigenvalue weighted by atomic mass is 9.96. The zero-order valence-corrected chi connectivity index (χ0v) is 19.2. The van der Waals surface area contributed by atoms with E-state index >= 15 is 0 Å². The highest BCUT2D eigenvalue weighted by molar-refractivity contribution is 7.89.